The molecule has 21 heavy (non-hydrogen) atoms. The minimum atomic E-state index is -1.28. The number of carboxylic acids is 1. The van der Waals surface area contributed by atoms with Crippen molar-refractivity contribution in [3.8, 4) is 0 Å². The largest absolute Gasteiger partial charge is 0.478 e. The number of nitrogens with one attached hydrogen (secondary N) is 1. The van der Waals surface area contributed by atoms with Crippen LogP contribution in [0, 0.1) is 5.82 Å². The van der Waals surface area contributed by atoms with E-state index in [2.05, 4.69) is 5.32 Å². The number of anilines is 1. The van der Waals surface area contributed by atoms with Crippen LogP contribution in [0.25, 0.3) is 0 Å². The van der Waals surface area contributed by atoms with Crippen LogP contribution in [-0.4, -0.2) is 45.6 Å². The summed E-state index contributed by atoms with van der Waals surface area (Å²) in [5, 5.41) is 12.3. The molecule has 1 saturated heterocycles. The number of carbonyl (C=O) groups excluding carboxylic acids is 1. The third kappa shape index (κ3) is 3.87. The lowest BCUT2D eigenvalue weighted by Gasteiger charge is -2.34. The van der Waals surface area contributed by atoms with Gasteiger partial charge in [0.05, 0.1) is 11.3 Å². The fourth-order valence-corrected chi connectivity index (χ4v) is 3.67. The standard InChI is InChI=1S/C14H17FN2O3S/c1-8-6-17(7-9(2)21-8)14(20)16-12-4-3-10(15)5-11(12)13(18)19/h3-5,8-9H,6-7H2,1-2H3,(H,16,20)(H,18,19). The summed E-state index contributed by atoms with van der Waals surface area (Å²) in [7, 11) is 0. The highest BCUT2D eigenvalue weighted by Gasteiger charge is 2.26. The zero-order valence-corrected chi connectivity index (χ0v) is 12.6. The van der Waals surface area contributed by atoms with E-state index in [1.807, 2.05) is 25.6 Å². The van der Waals surface area contributed by atoms with E-state index in [0.717, 1.165) is 12.1 Å². The van der Waals surface area contributed by atoms with Gasteiger partial charge in [-0.2, -0.15) is 11.8 Å². The first-order valence-electron chi connectivity index (χ1n) is 6.61. The molecule has 1 fully saturated rings. The van der Waals surface area contributed by atoms with Crippen molar-refractivity contribution in [2.45, 2.75) is 24.3 Å². The van der Waals surface area contributed by atoms with E-state index in [-0.39, 0.29) is 17.3 Å². The molecule has 0 radical (unpaired) electrons. The van der Waals surface area contributed by atoms with Gasteiger partial charge in [0.1, 0.15) is 5.82 Å². The molecule has 2 N–H and O–H groups in total. The Kier molecular flexibility index (Phi) is 4.72. The number of carbonyl (C=O) groups is 2. The molecule has 2 unspecified atom stereocenters. The molecule has 7 heteroatoms. The van der Waals surface area contributed by atoms with Crippen LogP contribution >= 0.6 is 11.8 Å². The fraction of sp³-hybridized carbons (Fsp3) is 0.429. The Balaban J connectivity index is 2.14. The molecule has 0 aromatic heterocycles. The number of aromatic carboxylic acids is 1. The van der Waals surface area contributed by atoms with Crippen molar-refractivity contribution in [3.63, 3.8) is 0 Å². The van der Waals surface area contributed by atoms with Gasteiger partial charge in [0.25, 0.3) is 0 Å². The molecule has 1 heterocycles. The predicted octanol–water partition coefficient (Wildman–Crippen LogP) is 2.88. The molecule has 1 aromatic rings. The first-order valence-corrected chi connectivity index (χ1v) is 7.55. The van der Waals surface area contributed by atoms with E-state index in [9.17, 15) is 14.0 Å². The highest BCUT2D eigenvalue weighted by molar-refractivity contribution is 8.00. The summed E-state index contributed by atoms with van der Waals surface area (Å²) in [4.78, 5) is 25.0. The zero-order valence-electron chi connectivity index (χ0n) is 11.8. The van der Waals surface area contributed by atoms with Crippen LogP contribution in [0.3, 0.4) is 0 Å². The van der Waals surface area contributed by atoms with Crippen molar-refractivity contribution in [2.75, 3.05) is 18.4 Å². The van der Waals surface area contributed by atoms with Crippen LogP contribution in [0.15, 0.2) is 18.2 Å². The van der Waals surface area contributed by atoms with Gasteiger partial charge in [0.15, 0.2) is 0 Å². The smallest absolute Gasteiger partial charge is 0.337 e. The molecule has 0 spiro atoms. The quantitative estimate of drug-likeness (QED) is 0.881. The second-order valence-electron chi connectivity index (χ2n) is 5.09. The minimum absolute atomic E-state index is 0.104. The Morgan fingerprint density at radius 2 is 1.95 bits per heavy atom. The molecule has 1 aliphatic heterocycles. The van der Waals surface area contributed by atoms with Crippen molar-refractivity contribution >= 4 is 29.4 Å². The van der Waals surface area contributed by atoms with E-state index >= 15 is 0 Å². The van der Waals surface area contributed by atoms with Gasteiger partial charge in [0, 0.05) is 23.6 Å². The SMILES string of the molecule is CC1CN(C(=O)Nc2ccc(F)cc2C(=O)O)CC(C)S1. The Morgan fingerprint density at radius 3 is 2.52 bits per heavy atom. The number of amides is 2. The van der Waals surface area contributed by atoms with E-state index in [1.54, 1.807) is 4.90 Å². The number of hydrogen-bond acceptors (Lipinski definition) is 3. The number of nitrogens with zero attached hydrogens (tertiary/aromatic N) is 1. The molecule has 2 amide bonds. The number of carboxylic acid groups (broad SMARTS) is 1. The summed E-state index contributed by atoms with van der Waals surface area (Å²) >= 11 is 1.81. The first-order chi connectivity index (χ1) is 9.86. The molecular weight excluding hydrogens is 295 g/mol. The number of rotatable bonds is 2. The van der Waals surface area contributed by atoms with Crippen molar-refractivity contribution < 1.29 is 19.1 Å². The van der Waals surface area contributed by atoms with Crippen LogP contribution in [0.5, 0.6) is 0 Å². The van der Waals surface area contributed by atoms with Crippen LogP contribution in [-0.2, 0) is 0 Å². The molecule has 5 nitrogen and oxygen atoms in total. The molecule has 0 saturated carbocycles. The number of benzene rings is 1. The van der Waals surface area contributed by atoms with Gasteiger partial charge in [-0.05, 0) is 18.2 Å². The molecule has 0 bridgehead atoms. The highest BCUT2D eigenvalue weighted by Crippen LogP contribution is 2.25. The lowest BCUT2D eigenvalue weighted by atomic mass is 10.1. The van der Waals surface area contributed by atoms with Crippen LogP contribution in [0.4, 0.5) is 14.9 Å². The van der Waals surface area contributed by atoms with Crippen LogP contribution in [0.2, 0.25) is 0 Å². The van der Waals surface area contributed by atoms with Gasteiger partial charge < -0.3 is 15.3 Å². The van der Waals surface area contributed by atoms with E-state index < -0.39 is 11.8 Å². The Labute approximate surface area is 126 Å². The summed E-state index contributed by atoms with van der Waals surface area (Å²) in [6.45, 7) is 5.29. The van der Waals surface area contributed by atoms with Crippen LogP contribution < -0.4 is 5.32 Å². The Morgan fingerprint density at radius 1 is 1.33 bits per heavy atom. The number of urea groups is 1. The maximum Gasteiger partial charge on any atom is 0.337 e. The normalized spacial score (nSPS) is 22.0. The lowest BCUT2D eigenvalue weighted by molar-refractivity contribution is 0.0697. The summed E-state index contributed by atoms with van der Waals surface area (Å²) in [6.07, 6.45) is 0. The highest BCUT2D eigenvalue weighted by atomic mass is 32.2. The summed E-state index contributed by atoms with van der Waals surface area (Å²) in [6, 6.07) is 2.93. The molecular formula is C14H17FN2O3S. The molecule has 2 atom stereocenters. The van der Waals surface area contributed by atoms with Crippen molar-refractivity contribution in [1.82, 2.24) is 4.90 Å². The van der Waals surface area contributed by atoms with Gasteiger partial charge in [-0.15, -0.1) is 0 Å². The Bertz CT molecular complexity index is 557. The zero-order chi connectivity index (χ0) is 15.6. The van der Waals surface area contributed by atoms with E-state index in [0.29, 0.717) is 23.6 Å². The van der Waals surface area contributed by atoms with Crippen LogP contribution in [0.1, 0.15) is 24.2 Å². The Hall–Kier alpha value is -1.76. The average molecular weight is 312 g/mol. The predicted molar refractivity (Wildman–Crippen MR) is 80.5 cm³/mol. The molecule has 114 valence electrons. The topological polar surface area (TPSA) is 69.6 Å². The second-order valence-corrected chi connectivity index (χ2v) is 6.97. The summed E-state index contributed by atoms with van der Waals surface area (Å²) in [5.74, 6) is -1.93. The molecule has 0 aliphatic carbocycles. The van der Waals surface area contributed by atoms with E-state index in [1.165, 1.54) is 6.07 Å². The number of hydrogen-bond donors (Lipinski definition) is 2. The first kappa shape index (κ1) is 15.6. The van der Waals surface area contributed by atoms with Gasteiger partial charge >= 0.3 is 12.0 Å². The molecule has 1 aromatic carbocycles. The van der Waals surface area contributed by atoms with E-state index in [4.69, 9.17) is 5.11 Å². The third-order valence-electron chi connectivity index (χ3n) is 3.16. The van der Waals surface area contributed by atoms with Gasteiger partial charge in [-0.1, -0.05) is 13.8 Å². The monoisotopic (exact) mass is 312 g/mol. The third-order valence-corrected chi connectivity index (χ3v) is 4.39. The lowest BCUT2D eigenvalue weighted by Crippen LogP contribution is -2.46. The number of thioether (sulfide) groups is 1. The van der Waals surface area contributed by atoms with Crippen molar-refractivity contribution in [3.05, 3.63) is 29.6 Å². The minimum Gasteiger partial charge on any atom is -0.478 e. The van der Waals surface area contributed by atoms with Gasteiger partial charge in [-0.3, -0.25) is 0 Å². The average Bonchev–Trinajstić information content (AvgIpc) is 2.39. The van der Waals surface area contributed by atoms with Crippen molar-refractivity contribution in [1.29, 1.82) is 0 Å². The van der Waals surface area contributed by atoms with Gasteiger partial charge in [-0.25, -0.2) is 14.0 Å². The van der Waals surface area contributed by atoms with Gasteiger partial charge in [0.2, 0.25) is 0 Å². The second kappa shape index (κ2) is 6.34. The summed E-state index contributed by atoms with van der Waals surface area (Å²) < 4.78 is 13.1. The molecule has 1 aliphatic rings. The fourth-order valence-electron chi connectivity index (χ4n) is 2.34. The number of halogens is 1. The van der Waals surface area contributed by atoms with Crippen molar-refractivity contribution in [2.24, 2.45) is 0 Å². The molecule has 2 rings (SSSR count). The summed E-state index contributed by atoms with van der Waals surface area (Å²) in [5.41, 5.74) is -0.150. The maximum atomic E-state index is 13.1. The maximum absolute atomic E-state index is 13.1.